The van der Waals surface area contributed by atoms with Crippen LogP contribution < -0.4 is 10.2 Å². The van der Waals surface area contributed by atoms with Gasteiger partial charge in [0.05, 0.1) is 24.2 Å². The number of imidazole rings is 1. The highest BCUT2D eigenvalue weighted by Crippen LogP contribution is 2.22. The standard InChI is InChI=1S/C20H22N4O2/c25-20(21-9-8-16-4-2-1-3-5-16)24-15-22-18-14-17(6-7-19(18)24)23-10-12-26-13-11-23/h1-7,14-15H,8-13H2,(H,21,25). The molecule has 0 radical (unpaired) electrons. The molecule has 0 unspecified atom stereocenters. The number of morpholine rings is 1. The summed E-state index contributed by atoms with van der Waals surface area (Å²) in [5, 5.41) is 2.96. The topological polar surface area (TPSA) is 59.4 Å². The predicted molar refractivity (Wildman–Crippen MR) is 102 cm³/mol. The van der Waals surface area contributed by atoms with Crippen molar-refractivity contribution in [3.63, 3.8) is 0 Å². The number of aromatic nitrogens is 2. The average Bonchev–Trinajstić information content (AvgIpc) is 3.13. The highest BCUT2D eigenvalue weighted by Gasteiger charge is 2.14. The zero-order chi connectivity index (χ0) is 17.8. The molecule has 1 N–H and O–H groups in total. The van der Waals surface area contributed by atoms with Crippen molar-refractivity contribution in [2.75, 3.05) is 37.7 Å². The van der Waals surface area contributed by atoms with E-state index in [0.717, 1.165) is 49.4 Å². The normalized spacial score (nSPS) is 14.5. The Morgan fingerprint density at radius 2 is 1.92 bits per heavy atom. The van der Waals surface area contributed by atoms with Crippen LogP contribution in [-0.2, 0) is 11.2 Å². The van der Waals surface area contributed by atoms with E-state index in [0.29, 0.717) is 6.54 Å². The van der Waals surface area contributed by atoms with Crippen molar-refractivity contribution >= 4 is 22.8 Å². The van der Waals surface area contributed by atoms with Crippen molar-refractivity contribution in [3.8, 4) is 0 Å². The first-order valence-corrected chi connectivity index (χ1v) is 8.93. The lowest BCUT2D eigenvalue weighted by Gasteiger charge is -2.28. The lowest BCUT2D eigenvalue weighted by Crippen LogP contribution is -2.36. The molecule has 1 saturated heterocycles. The summed E-state index contributed by atoms with van der Waals surface area (Å²) < 4.78 is 6.97. The van der Waals surface area contributed by atoms with Crippen LogP contribution in [0.25, 0.3) is 11.0 Å². The molecule has 3 aromatic rings. The van der Waals surface area contributed by atoms with Gasteiger partial charge in [-0.3, -0.25) is 4.57 Å². The van der Waals surface area contributed by atoms with Gasteiger partial charge in [0.1, 0.15) is 6.33 Å². The first kappa shape index (κ1) is 16.6. The molecule has 0 bridgehead atoms. The molecule has 1 aromatic heterocycles. The quantitative estimate of drug-likeness (QED) is 0.786. The van der Waals surface area contributed by atoms with Crippen molar-refractivity contribution in [2.45, 2.75) is 6.42 Å². The second kappa shape index (κ2) is 7.58. The molecule has 2 heterocycles. The SMILES string of the molecule is O=C(NCCc1ccccc1)n1cnc2cc(N3CCOCC3)ccc21. The molecule has 26 heavy (non-hydrogen) atoms. The van der Waals surface area contributed by atoms with E-state index >= 15 is 0 Å². The number of ether oxygens (including phenoxy) is 1. The predicted octanol–water partition coefficient (Wildman–Crippen LogP) is 2.67. The molecule has 4 rings (SSSR count). The molecule has 2 aromatic carbocycles. The Morgan fingerprint density at radius 1 is 1.12 bits per heavy atom. The molecule has 0 saturated carbocycles. The molecule has 0 spiro atoms. The van der Waals surface area contributed by atoms with Gasteiger partial charge in [-0.15, -0.1) is 0 Å². The number of hydrogen-bond donors (Lipinski definition) is 1. The van der Waals surface area contributed by atoms with Gasteiger partial charge in [-0.1, -0.05) is 30.3 Å². The molecule has 6 heteroatoms. The molecule has 134 valence electrons. The van der Waals surface area contributed by atoms with Gasteiger partial charge in [0.15, 0.2) is 0 Å². The van der Waals surface area contributed by atoms with Crippen LogP contribution in [0.15, 0.2) is 54.9 Å². The molecule has 1 aliphatic rings. The summed E-state index contributed by atoms with van der Waals surface area (Å²) in [5.74, 6) is 0. The monoisotopic (exact) mass is 350 g/mol. The molecular formula is C20H22N4O2. The van der Waals surface area contributed by atoms with Crippen LogP contribution in [0.1, 0.15) is 5.56 Å². The van der Waals surface area contributed by atoms with Gasteiger partial charge in [0.25, 0.3) is 0 Å². The van der Waals surface area contributed by atoms with E-state index in [1.54, 1.807) is 10.9 Å². The van der Waals surface area contributed by atoms with Gasteiger partial charge in [0.2, 0.25) is 0 Å². The Labute approximate surface area is 152 Å². The Hall–Kier alpha value is -2.86. The minimum absolute atomic E-state index is 0.150. The van der Waals surface area contributed by atoms with E-state index in [-0.39, 0.29) is 6.03 Å². The van der Waals surface area contributed by atoms with Crippen LogP contribution in [0.2, 0.25) is 0 Å². The minimum Gasteiger partial charge on any atom is -0.378 e. The summed E-state index contributed by atoms with van der Waals surface area (Å²) in [7, 11) is 0. The number of hydrogen-bond acceptors (Lipinski definition) is 4. The van der Waals surface area contributed by atoms with E-state index in [4.69, 9.17) is 4.74 Å². The van der Waals surface area contributed by atoms with Crippen LogP contribution in [0.4, 0.5) is 10.5 Å². The number of nitrogens with one attached hydrogen (secondary N) is 1. The minimum atomic E-state index is -0.150. The molecule has 0 aliphatic carbocycles. The maximum atomic E-state index is 12.5. The number of rotatable bonds is 4. The number of fused-ring (bicyclic) bond motifs is 1. The zero-order valence-electron chi connectivity index (χ0n) is 14.6. The van der Waals surface area contributed by atoms with Crippen LogP contribution in [0.5, 0.6) is 0 Å². The van der Waals surface area contributed by atoms with Crippen molar-refractivity contribution in [2.24, 2.45) is 0 Å². The van der Waals surface area contributed by atoms with Crippen molar-refractivity contribution in [1.29, 1.82) is 0 Å². The van der Waals surface area contributed by atoms with Gasteiger partial charge in [-0.2, -0.15) is 0 Å². The van der Waals surface area contributed by atoms with E-state index in [1.165, 1.54) is 5.56 Å². The Kier molecular flexibility index (Phi) is 4.84. The van der Waals surface area contributed by atoms with Crippen LogP contribution >= 0.6 is 0 Å². The number of carbonyl (C=O) groups is 1. The molecular weight excluding hydrogens is 328 g/mol. The number of anilines is 1. The molecule has 1 fully saturated rings. The summed E-state index contributed by atoms with van der Waals surface area (Å²) in [6, 6.07) is 16.0. The largest absolute Gasteiger partial charge is 0.378 e. The van der Waals surface area contributed by atoms with E-state index < -0.39 is 0 Å². The number of benzene rings is 2. The second-order valence-electron chi connectivity index (χ2n) is 6.35. The molecule has 0 atom stereocenters. The van der Waals surface area contributed by atoms with Gasteiger partial charge in [-0.25, -0.2) is 9.78 Å². The van der Waals surface area contributed by atoms with Crippen LogP contribution in [-0.4, -0.2) is 48.4 Å². The smallest absolute Gasteiger partial charge is 0.327 e. The molecule has 1 amide bonds. The van der Waals surface area contributed by atoms with E-state index in [9.17, 15) is 4.79 Å². The third-order valence-electron chi connectivity index (χ3n) is 4.66. The lowest BCUT2D eigenvalue weighted by atomic mass is 10.1. The third-order valence-corrected chi connectivity index (χ3v) is 4.66. The fourth-order valence-electron chi connectivity index (χ4n) is 3.22. The maximum absolute atomic E-state index is 12.5. The third kappa shape index (κ3) is 3.55. The fourth-order valence-corrected chi connectivity index (χ4v) is 3.22. The first-order valence-electron chi connectivity index (χ1n) is 8.93. The summed E-state index contributed by atoms with van der Waals surface area (Å²) in [4.78, 5) is 19.2. The zero-order valence-corrected chi connectivity index (χ0v) is 14.6. The van der Waals surface area contributed by atoms with E-state index in [1.807, 2.05) is 36.4 Å². The van der Waals surface area contributed by atoms with Crippen molar-refractivity contribution in [1.82, 2.24) is 14.9 Å². The Balaban J connectivity index is 1.43. The first-order chi connectivity index (χ1) is 12.8. The molecule has 1 aliphatic heterocycles. The summed E-state index contributed by atoms with van der Waals surface area (Å²) >= 11 is 0. The van der Waals surface area contributed by atoms with Gasteiger partial charge < -0.3 is 15.0 Å². The summed E-state index contributed by atoms with van der Waals surface area (Å²) in [6.07, 6.45) is 2.39. The second-order valence-corrected chi connectivity index (χ2v) is 6.35. The van der Waals surface area contributed by atoms with Gasteiger partial charge in [-0.05, 0) is 30.2 Å². The maximum Gasteiger partial charge on any atom is 0.327 e. The Morgan fingerprint density at radius 3 is 2.73 bits per heavy atom. The Bertz CT molecular complexity index is 885. The van der Waals surface area contributed by atoms with Crippen molar-refractivity contribution < 1.29 is 9.53 Å². The highest BCUT2D eigenvalue weighted by molar-refractivity contribution is 5.90. The van der Waals surface area contributed by atoms with Crippen molar-refractivity contribution in [3.05, 3.63) is 60.4 Å². The fraction of sp³-hybridized carbons (Fsp3) is 0.300. The number of nitrogens with zero attached hydrogens (tertiary/aromatic N) is 3. The number of amides is 1. The van der Waals surface area contributed by atoms with Gasteiger partial charge in [0, 0.05) is 25.3 Å². The van der Waals surface area contributed by atoms with Crippen LogP contribution in [0, 0.1) is 0 Å². The molecule has 6 nitrogen and oxygen atoms in total. The number of carbonyl (C=O) groups excluding carboxylic acids is 1. The van der Waals surface area contributed by atoms with E-state index in [2.05, 4.69) is 27.3 Å². The van der Waals surface area contributed by atoms with Crippen LogP contribution in [0.3, 0.4) is 0 Å². The van der Waals surface area contributed by atoms with Gasteiger partial charge >= 0.3 is 6.03 Å². The summed E-state index contributed by atoms with van der Waals surface area (Å²) in [5.41, 5.74) is 3.97. The highest BCUT2D eigenvalue weighted by atomic mass is 16.5. The average molecular weight is 350 g/mol. The lowest BCUT2D eigenvalue weighted by molar-refractivity contribution is 0.122. The summed E-state index contributed by atoms with van der Waals surface area (Å²) in [6.45, 7) is 3.85.